The second-order valence-electron chi connectivity index (χ2n) is 3.44. The van der Waals surface area contributed by atoms with E-state index in [0.29, 0.717) is 6.04 Å². The van der Waals surface area contributed by atoms with Gasteiger partial charge < -0.3 is 4.90 Å². The standard InChI is InChI=1S/C10H22N2/c1-5-7-8-12(9(3)4)10(11)6-2/h9,11H,5-8H2,1-4H3. The minimum atomic E-state index is 0.476. The van der Waals surface area contributed by atoms with E-state index in [9.17, 15) is 0 Å². The SMILES string of the molecule is CCCCN(C(=N)CC)C(C)C. The van der Waals surface area contributed by atoms with E-state index < -0.39 is 0 Å². The van der Waals surface area contributed by atoms with Crippen LogP contribution in [0.3, 0.4) is 0 Å². The Hall–Kier alpha value is -0.530. The van der Waals surface area contributed by atoms with Gasteiger partial charge in [-0.05, 0) is 20.3 Å². The Morgan fingerprint density at radius 3 is 2.25 bits per heavy atom. The van der Waals surface area contributed by atoms with E-state index in [-0.39, 0.29) is 0 Å². The molecule has 0 rings (SSSR count). The van der Waals surface area contributed by atoms with Crippen molar-refractivity contribution >= 4 is 5.84 Å². The predicted octanol–water partition coefficient (Wildman–Crippen LogP) is 2.88. The van der Waals surface area contributed by atoms with Crippen molar-refractivity contribution in [2.75, 3.05) is 6.54 Å². The summed E-state index contributed by atoms with van der Waals surface area (Å²) in [5, 5.41) is 7.73. The summed E-state index contributed by atoms with van der Waals surface area (Å²) >= 11 is 0. The fraction of sp³-hybridized carbons (Fsp3) is 0.900. The van der Waals surface area contributed by atoms with Crippen molar-refractivity contribution in [1.82, 2.24) is 4.90 Å². The van der Waals surface area contributed by atoms with Gasteiger partial charge in [-0.3, -0.25) is 5.41 Å². The van der Waals surface area contributed by atoms with Crippen molar-refractivity contribution in [2.24, 2.45) is 0 Å². The maximum Gasteiger partial charge on any atom is 0.0957 e. The molecule has 0 aliphatic carbocycles. The van der Waals surface area contributed by atoms with Crippen LogP contribution in [0.5, 0.6) is 0 Å². The highest BCUT2D eigenvalue weighted by molar-refractivity contribution is 5.79. The zero-order chi connectivity index (χ0) is 9.56. The van der Waals surface area contributed by atoms with Crippen LogP contribution in [0.2, 0.25) is 0 Å². The lowest BCUT2D eigenvalue weighted by Crippen LogP contribution is -2.36. The minimum absolute atomic E-state index is 0.476. The lowest BCUT2D eigenvalue weighted by Gasteiger charge is -2.28. The van der Waals surface area contributed by atoms with Crippen molar-refractivity contribution < 1.29 is 0 Å². The zero-order valence-corrected chi connectivity index (χ0v) is 8.85. The third-order valence-corrected chi connectivity index (χ3v) is 2.06. The maximum atomic E-state index is 7.73. The van der Waals surface area contributed by atoms with Crippen molar-refractivity contribution in [3.05, 3.63) is 0 Å². The van der Waals surface area contributed by atoms with Crippen LogP contribution in [0, 0.1) is 5.41 Å². The molecule has 72 valence electrons. The molecule has 0 heterocycles. The van der Waals surface area contributed by atoms with Crippen LogP contribution < -0.4 is 0 Å². The normalized spacial score (nSPS) is 10.4. The molecule has 0 aromatic heterocycles. The Morgan fingerprint density at radius 1 is 1.33 bits per heavy atom. The van der Waals surface area contributed by atoms with E-state index in [1.807, 2.05) is 6.92 Å². The molecule has 0 aliphatic heterocycles. The molecule has 2 heteroatoms. The lowest BCUT2D eigenvalue weighted by molar-refractivity contribution is 0.335. The molecule has 0 radical (unpaired) electrons. The first-order valence-electron chi connectivity index (χ1n) is 4.97. The van der Waals surface area contributed by atoms with Gasteiger partial charge in [0.05, 0.1) is 5.84 Å². The minimum Gasteiger partial charge on any atom is -0.358 e. The average molecular weight is 170 g/mol. The van der Waals surface area contributed by atoms with Crippen molar-refractivity contribution in [2.45, 2.75) is 53.0 Å². The molecule has 0 aromatic rings. The predicted molar refractivity (Wildman–Crippen MR) is 54.8 cm³/mol. The van der Waals surface area contributed by atoms with Gasteiger partial charge in [0.25, 0.3) is 0 Å². The molecule has 0 saturated carbocycles. The summed E-state index contributed by atoms with van der Waals surface area (Å²) in [5.74, 6) is 0.776. The molecule has 0 spiro atoms. The Labute approximate surface area is 76.5 Å². The topological polar surface area (TPSA) is 27.1 Å². The summed E-state index contributed by atoms with van der Waals surface area (Å²) in [7, 11) is 0. The Bertz CT molecular complexity index is 130. The molecular weight excluding hydrogens is 148 g/mol. The molecule has 12 heavy (non-hydrogen) atoms. The van der Waals surface area contributed by atoms with E-state index in [2.05, 4.69) is 25.7 Å². The summed E-state index contributed by atoms with van der Waals surface area (Å²) in [5.41, 5.74) is 0. The van der Waals surface area contributed by atoms with Crippen molar-refractivity contribution in [3.8, 4) is 0 Å². The first-order chi connectivity index (χ1) is 5.63. The van der Waals surface area contributed by atoms with Crippen LogP contribution in [0.25, 0.3) is 0 Å². The Kier molecular flexibility index (Phi) is 5.77. The van der Waals surface area contributed by atoms with E-state index in [0.717, 1.165) is 18.8 Å². The monoisotopic (exact) mass is 170 g/mol. The molecule has 2 nitrogen and oxygen atoms in total. The van der Waals surface area contributed by atoms with E-state index in [4.69, 9.17) is 5.41 Å². The van der Waals surface area contributed by atoms with E-state index >= 15 is 0 Å². The molecule has 0 bridgehead atoms. The summed E-state index contributed by atoms with van der Waals surface area (Å²) in [4.78, 5) is 2.18. The number of hydrogen-bond donors (Lipinski definition) is 1. The van der Waals surface area contributed by atoms with Gasteiger partial charge in [0.15, 0.2) is 0 Å². The van der Waals surface area contributed by atoms with Gasteiger partial charge in [0, 0.05) is 19.0 Å². The zero-order valence-electron chi connectivity index (χ0n) is 8.85. The van der Waals surface area contributed by atoms with Gasteiger partial charge in [0.1, 0.15) is 0 Å². The molecule has 0 unspecified atom stereocenters. The number of hydrogen-bond acceptors (Lipinski definition) is 1. The van der Waals surface area contributed by atoms with Crippen LogP contribution in [0.15, 0.2) is 0 Å². The maximum absolute atomic E-state index is 7.73. The smallest absolute Gasteiger partial charge is 0.0957 e. The second kappa shape index (κ2) is 6.04. The van der Waals surface area contributed by atoms with E-state index in [1.54, 1.807) is 0 Å². The highest BCUT2D eigenvalue weighted by atomic mass is 15.2. The number of amidine groups is 1. The van der Waals surface area contributed by atoms with Crippen molar-refractivity contribution in [1.29, 1.82) is 5.41 Å². The van der Waals surface area contributed by atoms with Crippen LogP contribution >= 0.6 is 0 Å². The number of unbranched alkanes of at least 4 members (excludes halogenated alkanes) is 1. The average Bonchev–Trinajstić information content (AvgIpc) is 2.04. The third-order valence-electron chi connectivity index (χ3n) is 2.06. The van der Waals surface area contributed by atoms with Gasteiger partial charge in [0.2, 0.25) is 0 Å². The lowest BCUT2D eigenvalue weighted by atomic mass is 10.2. The molecule has 0 aromatic carbocycles. The quantitative estimate of drug-likeness (QED) is 0.498. The molecule has 1 N–H and O–H groups in total. The highest BCUT2D eigenvalue weighted by Gasteiger charge is 2.10. The first kappa shape index (κ1) is 11.5. The Morgan fingerprint density at radius 2 is 1.92 bits per heavy atom. The highest BCUT2D eigenvalue weighted by Crippen LogP contribution is 2.04. The number of nitrogens with one attached hydrogen (secondary N) is 1. The molecule has 0 amide bonds. The summed E-state index contributed by atoms with van der Waals surface area (Å²) in [6, 6.07) is 0.476. The van der Waals surface area contributed by atoms with Crippen molar-refractivity contribution in [3.63, 3.8) is 0 Å². The largest absolute Gasteiger partial charge is 0.358 e. The summed E-state index contributed by atoms with van der Waals surface area (Å²) in [6.45, 7) is 9.58. The Balaban J connectivity index is 3.95. The molecule has 0 aliphatic rings. The fourth-order valence-electron chi connectivity index (χ4n) is 1.24. The molecular formula is C10H22N2. The van der Waals surface area contributed by atoms with Gasteiger partial charge in [-0.15, -0.1) is 0 Å². The van der Waals surface area contributed by atoms with Gasteiger partial charge in [-0.25, -0.2) is 0 Å². The summed E-state index contributed by atoms with van der Waals surface area (Å²) < 4.78 is 0. The van der Waals surface area contributed by atoms with Gasteiger partial charge in [-0.2, -0.15) is 0 Å². The third kappa shape index (κ3) is 3.74. The van der Waals surface area contributed by atoms with Gasteiger partial charge in [-0.1, -0.05) is 20.3 Å². The molecule has 0 fully saturated rings. The molecule has 0 atom stereocenters. The summed E-state index contributed by atoms with van der Waals surface area (Å²) in [6.07, 6.45) is 3.25. The molecule has 0 saturated heterocycles. The van der Waals surface area contributed by atoms with E-state index in [1.165, 1.54) is 12.8 Å². The van der Waals surface area contributed by atoms with Crippen LogP contribution in [0.4, 0.5) is 0 Å². The second-order valence-corrected chi connectivity index (χ2v) is 3.44. The fourth-order valence-corrected chi connectivity index (χ4v) is 1.24. The van der Waals surface area contributed by atoms with Crippen LogP contribution in [-0.4, -0.2) is 23.3 Å². The number of nitrogens with zero attached hydrogens (tertiary/aromatic N) is 1. The van der Waals surface area contributed by atoms with Gasteiger partial charge >= 0.3 is 0 Å². The van der Waals surface area contributed by atoms with Crippen LogP contribution in [0.1, 0.15) is 47.0 Å². The first-order valence-corrected chi connectivity index (χ1v) is 4.97. The van der Waals surface area contributed by atoms with Crippen LogP contribution in [-0.2, 0) is 0 Å². The number of rotatable bonds is 5.